The van der Waals surface area contributed by atoms with Crippen molar-refractivity contribution < 1.29 is 0 Å². The van der Waals surface area contributed by atoms with Crippen LogP contribution in [-0.4, -0.2) is 0 Å². The molecule has 0 aliphatic heterocycles. The largest absolute Gasteiger partial charge is 0.0848 e. The van der Waals surface area contributed by atoms with E-state index in [1.807, 2.05) is 0 Å². The zero-order valence-electron chi connectivity index (χ0n) is 9.26. The maximum Gasteiger partial charge on any atom is -0.0348 e. The summed E-state index contributed by atoms with van der Waals surface area (Å²) in [5.74, 6) is 0. The monoisotopic (exact) mass is 180 g/mol. The Bertz CT molecular complexity index is 131. The quantitative estimate of drug-likeness (QED) is 0.369. The van der Waals surface area contributed by atoms with Gasteiger partial charge in [-0.05, 0) is 19.3 Å². The first-order valence-electron chi connectivity index (χ1n) is 5.73. The number of hydrogen-bond donors (Lipinski definition) is 0. The van der Waals surface area contributed by atoms with Crippen LogP contribution >= 0.6 is 0 Å². The lowest BCUT2D eigenvalue weighted by molar-refractivity contribution is 0.637. The Balaban J connectivity index is 3.06. The molecule has 0 radical (unpaired) electrons. The van der Waals surface area contributed by atoms with E-state index < -0.39 is 0 Å². The van der Waals surface area contributed by atoms with Crippen LogP contribution in [0.1, 0.15) is 58.8 Å². The molecule has 0 fully saturated rings. The van der Waals surface area contributed by atoms with Crippen LogP contribution in [0.3, 0.4) is 0 Å². The van der Waals surface area contributed by atoms with Gasteiger partial charge in [0.2, 0.25) is 0 Å². The van der Waals surface area contributed by atoms with Gasteiger partial charge in [0.15, 0.2) is 0 Å². The summed E-state index contributed by atoms with van der Waals surface area (Å²) in [6.07, 6.45) is 18.1. The van der Waals surface area contributed by atoms with Gasteiger partial charge in [0.1, 0.15) is 0 Å². The predicted molar refractivity (Wildman–Crippen MR) is 61.9 cm³/mol. The van der Waals surface area contributed by atoms with Gasteiger partial charge in [-0.15, -0.1) is 0 Å². The summed E-state index contributed by atoms with van der Waals surface area (Å²) in [6.45, 7) is 4.42. The summed E-state index contributed by atoms with van der Waals surface area (Å²) in [6, 6.07) is 0. The van der Waals surface area contributed by atoms with Crippen molar-refractivity contribution in [2.45, 2.75) is 58.8 Å². The maximum absolute atomic E-state index is 2.28. The Morgan fingerprint density at radius 2 is 1.46 bits per heavy atom. The molecule has 0 N–H and O–H groups in total. The molecule has 0 heterocycles. The van der Waals surface area contributed by atoms with Crippen LogP contribution in [0, 0.1) is 0 Å². The molecule has 76 valence electrons. The van der Waals surface area contributed by atoms with Crippen molar-refractivity contribution >= 4 is 0 Å². The first-order valence-corrected chi connectivity index (χ1v) is 5.73. The summed E-state index contributed by atoms with van der Waals surface area (Å²) in [5, 5.41) is 0. The highest BCUT2D eigenvalue weighted by Crippen LogP contribution is 2.05. The van der Waals surface area contributed by atoms with Crippen LogP contribution < -0.4 is 0 Å². The van der Waals surface area contributed by atoms with Crippen molar-refractivity contribution in [1.29, 1.82) is 0 Å². The van der Waals surface area contributed by atoms with E-state index in [4.69, 9.17) is 0 Å². The first kappa shape index (κ1) is 12.5. The number of unbranched alkanes of at least 4 members (excludes halogenated alkanes) is 5. The van der Waals surface area contributed by atoms with Crippen molar-refractivity contribution in [2.24, 2.45) is 0 Å². The molecule has 0 unspecified atom stereocenters. The summed E-state index contributed by atoms with van der Waals surface area (Å²) in [4.78, 5) is 0. The van der Waals surface area contributed by atoms with Crippen molar-refractivity contribution in [2.75, 3.05) is 0 Å². The second-order valence-corrected chi connectivity index (χ2v) is 3.47. The molecule has 0 aromatic heterocycles. The van der Waals surface area contributed by atoms with Gasteiger partial charge in [-0.3, -0.25) is 0 Å². The second kappa shape index (κ2) is 11.5. The molecule has 13 heavy (non-hydrogen) atoms. The predicted octanol–water partition coefficient (Wildman–Crippen LogP) is 4.87. The van der Waals surface area contributed by atoms with E-state index >= 15 is 0 Å². The molecule has 0 aromatic rings. The minimum atomic E-state index is 1.14. The fraction of sp³-hybridized carbons (Fsp3) is 0.692. The fourth-order valence-electron chi connectivity index (χ4n) is 1.26. The van der Waals surface area contributed by atoms with Crippen LogP contribution in [0.25, 0.3) is 0 Å². The average molecular weight is 180 g/mol. The minimum Gasteiger partial charge on any atom is -0.0848 e. The molecule has 0 aliphatic rings. The zero-order valence-corrected chi connectivity index (χ0v) is 9.26. The van der Waals surface area contributed by atoms with Crippen molar-refractivity contribution in [3.8, 4) is 0 Å². The molecule has 0 aromatic carbocycles. The van der Waals surface area contributed by atoms with Gasteiger partial charge in [-0.25, -0.2) is 0 Å². The molecule has 0 saturated heterocycles. The zero-order chi connectivity index (χ0) is 9.78. The molecule has 0 amide bonds. The summed E-state index contributed by atoms with van der Waals surface area (Å²) in [5.41, 5.74) is 0. The smallest absolute Gasteiger partial charge is 0.0348 e. The Morgan fingerprint density at radius 3 is 2.15 bits per heavy atom. The van der Waals surface area contributed by atoms with E-state index in [0.717, 1.165) is 6.42 Å². The van der Waals surface area contributed by atoms with Gasteiger partial charge >= 0.3 is 0 Å². The highest BCUT2D eigenvalue weighted by Gasteiger charge is 1.85. The summed E-state index contributed by atoms with van der Waals surface area (Å²) in [7, 11) is 0. The Kier molecular flexibility index (Phi) is 11.0. The lowest BCUT2D eigenvalue weighted by atomic mass is 10.1. The van der Waals surface area contributed by atoms with Gasteiger partial charge in [-0.1, -0.05) is 63.8 Å². The van der Waals surface area contributed by atoms with Crippen LogP contribution in [0.2, 0.25) is 0 Å². The van der Waals surface area contributed by atoms with Crippen LogP contribution in [-0.2, 0) is 0 Å². The number of rotatable bonds is 8. The van der Waals surface area contributed by atoms with Gasteiger partial charge in [0, 0.05) is 0 Å². The van der Waals surface area contributed by atoms with Crippen molar-refractivity contribution in [1.82, 2.24) is 0 Å². The van der Waals surface area contributed by atoms with Crippen LogP contribution in [0.15, 0.2) is 24.3 Å². The molecular formula is C13H24. The van der Waals surface area contributed by atoms with E-state index in [-0.39, 0.29) is 0 Å². The van der Waals surface area contributed by atoms with Crippen LogP contribution in [0.5, 0.6) is 0 Å². The second-order valence-electron chi connectivity index (χ2n) is 3.47. The minimum absolute atomic E-state index is 1.14. The number of hydrogen-bond acceptors (Lipinski definition) is 0. The van der Waals surface area contributed by atoms with Gasteiger partial charge in [0.05, 0.1) is 0 Å². The normalized spacial score (nSPS) is 11.8. The molecule has 0 spiro atoms. The third-order valence-corrected chi connectivity index (χ3v) is 2.09. The van der Waals surface area contributed by atoms with Crippen LogP contribution in [0.4, 0.5) is 0 Å². The molecule has 0 bridgehead atoms. The average Bonchev–Trinajstić information content (AvgIpc) is 2.16. The third-order valence-electron chi connectivity index (χ3n) is 2.09. The lowest BCUT2D eigenvalue weighted by Gasteiger charge is -1.95. The van der Waals surface area contributed by atoms with Gasteiger partial charge < -0.3 is 0 Å². The standard InChI is InChI=1S/C13H24/c1-3-5-7-9-11-13-12-10-8-6-4-2/h5,7,9,11H,3-4,6,8,10,12-13H2,1-2H3/b7-5?,11-9+. The van der Waals surface area contributed by atoms with Crippen molar-refractivity contribution in [3.63, 3.8) is 0 Å². The topological polar surface area (TPSA) is 0 Å². The Labute approximate surface area is 83.7 Å². The molecule has 0 saturated carbocycles. The molecule has 0 nitrogen and oxygen atoms in total. The molecule has 0 heteroatoms. The van der Waals surface area contributed by atoms with E-state index in [1.165, 1.54) is 38.5 Å². The molecular weight excluding hydrogens is 156 g/mol. The highest BCUT2D eigenvalue weighted by atomic mass is 13.9. The van der Waals surface area contributed by atoms with Gasteiger partial charge in [-0.2, -0.15) is 0 Å². The van der Waals surface area contributed by atoms with Gasteiger partial charge in [0.25, 0.3) is 0 Å². The highest BCUT2D eigenvalue weighted by molar-refractivity contribution is 5.01. The van der Waals surface area contributed by atoms with E-state index in [2.05, 4.69) is 38.2 Å². The van der Waals surface area contributed by atoms with Crippen molar-refractivity contribution in [3.05, 3.63) is 24.3 Å². The summed E-state index contributed by atoms with van der Waals surface area (Å²) >= 11 is 0. The SMILES string of the molecule is CCC=C/C=C/CCCCCCC. The fourth-order valence-corrected chi connectivity index (χ4v) is 1.26. The van der Waals surface area contributed by atoms with E-state index in [1.54, 1.807) is 0 Å². The summed E-state index contributed by atoms with van der Waals surface area (Å²) < 4.78 is 0. The third kappa shape index (κ3) is 11.5. The van der Waals surface area contributed by atoms with E-state index in [0.29, 0.717) is 0 Å². The molecule has 0 rings (SSSR count). The molecule has 0 aliphatic carbocycles. The first-order chi connectivity index (χ1) is 6.41. The maximum atomic E-state index is 2.28. The van der Waals surface area contributed by atoms with E-state index in [9.17, 15) is 0 Å². The Morgan fingerprint density at radius 1 is 0.769 bits per heavy atom. The Hall–Kier alpha value is -0.520. The lowest BCUT2D eigenvalue weighted by Crippen LogP contribution is -1.75. The number of allylic oxidation sites excluding steroid dienone is 4. The molecule has 0 atom stereocenters.